The van der Waals surface area contributed by atoms with Gasteiger partial charge in [-0.15, -0.1) is 0 Å². The van der Waals surface area contributed by atoms with Crippen molar-refractivity contribution in [2.75, 3.05) is 0 Å². The number of hydrogen-bond donors (Lipinski definition) is 0. The molecule has 68 valence electrons. The van der Waals surface area contributed by atoms with Crippen LogP contribution in [0.25, 0.3) is 10.8 Å². The molecule has 0 spiro atoms. The van der Waals surface area contributed by atoms with Gasteiger partial charge in [0.05, 0.1) is 0 Å². The number of rotatable bonds is 0. The van der Waals surface area contributed by atoms with E-state index in [2.05, 4.69) is 11.1 Å². The molecule has 2 rings (SSSR count). The Hall–Kier alpha value is -1.59. The Balaban J connectivity index is 2.96. The minimum Gasteiger partial charge on any atom is -0.242 e. The van der Waals surface area contributed by atoms with Gasteiger partial charge in [-0.2, -0.15) is 5.26 Å². The molecule has 0 fully saturated rings. The standard InChI is InChI=1S/C11H7ClN2/c1-7-5-9-8(11(6-13)14-7)3-2-4-10(9)12/h2-5H,1H3. The van der Waals surface area contributed by atoms with E-state index in [-0.39, 0.29) is 0 Å². The zero-order chi connectivity index (χ0) is 10.1. The van der Waals surface area contributed by atoms with E-state index in [1.807, 2.05) is 31.2 Å². The van der Waals surface area contributed by atoms with Crippen LogP contribution in [0, 0.1) is 18.3 Å². The van der Waals surface area contributed by atoms with E-state index in [1.54, 1.807) is 0 Å². The van der Waals surface area contributed by atoms with E-state index in [4.69, 9.17) is 16.9 Å². The predicted octanol–water partition coefficient (Wildman–Crippen LogP) is 3.07. The molecular weight excluding hydrogens is 196 g/mol. The average Bonchev–Trinajstić information content (AvgIpc) is 2.18. The van der Waals surface area contributed by atoms with Gasteiger partial charge in [0.1, 0.15) is 11.8 Å². The van der Waals surface area contributed by atoms with Crippen LogP contribution in [0.15, 0.2) is 24.3 Å². The van der Waals surface area contributed by atoms with Crippen LogP contribution in [0.5, 0.6) is 0 Å². The molecule has 0 aliphatic carbocycles. The number of nitrogens with zero attached hydrogens (tertiary/aromatic N) is 2. The van der Waals surface area contributed by atoms with E-state index in [1.165, 1.54) is 0 Å². The monoisotopic (exact) mass is 202 g/mol. The number of fused-ring (bicyclic) bond motifs is 1. The zero-order valence-corrected chi connectivity index (χ0v) is 8.34. The molecule has 3 heteroatoms. The summed E-state index contributed by atoms with van der Waals surface area (Å²) in [4.78, 5) is 4.14. The summed E-state index contributed by atoms with van der Waals surface area (Å²) in [5, 5.41) is 11.3. The third-order valence-electron chi connectivity index (χ3n) is 2.06. The Morgan fingerprint density at radius 3 is 2.86 bits per heavy atom. The van der Waals surface area contributed by atoms with Crippen LogP contribution >= 0.6 is 11.6 Å². The van der Waals surface area contributed by atoms with Gasteiger partial charge in [0, 0.05) is 21.5 Å². The summed E-state index contributed by atoms with van der Waals surface area (Å²) in [6.07, 6.45) is 0. The number of nitriles is 1. The first-order valence-corrected chi connectivity index (χ1v) is 4.56. The highest BCUT2D eigenvalue weighted by Crippen LogP contribution is 2.25. The van der Waals surface area contributed by atoms with Crippen molar-refractivity contribution in [3.63, 3.8) is 0 Å². The molecule has 0 saturated heterocycles. The first-order valence-electron chi connectivity index (χ1n) is 4.18. The largest absolute Gasteiger partial charge is 0.242 e. The molecule has 0 unspecified atom stereocenters. The summed E-state index contributed by atoms with van der Waals surface area (Å²) in [7, 11) is 0. The lowest BCUT2D eigenvalue weighted by Crippen LogP contribution is -1.89. The number of benzene rings is 1. The lowest BCUT2D eigenvalue weighted by atomic mass is 10.1. The zero-order valence-electron chi connectivity index (χ0n) is 7.58. The molecule has 1 heterocycles. The maximum Gasteiger partial charge on any atom is 0.148 e. The molecule has 0 bridgehead atoms. The molecule has 0 radical (unpaired) electrons. The normalized spacial score (nSPS) is 10.1. The molecule has 0 aliphatic heterocycles. The van der Waals surface area contributed by atoms with Gasteiger partial charge in [-0.3, -0.25) is 0 Å². The van der Waals surface area contributed by atoms with Crippen molar-refractivity contribution in [3.05, 3.63) is 40.7 Å². The van der Waals surface area contributed by atoms with Crippen LogP contribution in [0.4, 0.5) is 0 Å². The van der Waals surface area contributed by atoms with E-state index in [9.17, 15) is 0 Å². The maximum atomic E-state index is 8.90. The van der Waals surface area contributed by atoms with Crippen molar-refractivity contribution in [2.45, 2.75) is 6.92 Å². The number of aromatic nitrogens is 1. The van der Waals surface area contributed by atoms with Gasteiger partial charge in [-0.25, -0.2) is 4.98 Å². The average molecular weight is 203 g/mol. The van der Waals surface area contributed by atoms with Crippen molar-refractivity contribution >= 4 is 22.4 Å². The van der Waals surface area contributed by atoms with Gasteiger partial charge < -0.3 is 0 Å². The molecule has 0 amide bonds. The Morgan fingerprint density at radius 1 is 1.36 bits per heavy atom. The molecular formula is C11H7ClN2. The van der Waals surface area contributed by atoms with Crippen molar-refractivity contribution < 1.29 is 0 Å². The van der Waals surface area contributed by atoms with Gasteiger partial charge in [0.15, 0.2) is 0 Å². The Labute approximate surface area is 86.8 Å². The highest BCUT2D eigenvalue weighted by Gasteiger charge is 2.05. The first-order chi connectivity index (χ1) is 6.72. The number of hydrogen-bond acceptors (Lipinski definition) is 2. The van der Waals surface area contributed by atoms with Gasteiger partial charge in [-0.1, -0.05) is 23.7 Å². The van der Waals surface area contributed by atoms with Gasteiger partial charge in [0.25, 0.3) is 0 Å². The summed E-state index contributed by atoms with van der Waals surface area (Å²) in [6, 6.07) is 9.44. The molecule has 1 aromatic heterocycles. The third-order valence-corrected chi connectivity index (χ3v) is 2.38. The van der Waals surface area contributed by atoms with Gasteiger partial charge >= 0.3 is 0 Å². The fraction of sp³-hybridized carbons (Fsp3) is 0.0909. The smallest absolute Gasteiger partial charge is 0.148 e. The lowest BCUT2D eigenvalue weighted by Gasteiger charge is -2.02. The van der Waals surface area contributed by atoms with Crippen molar-refractivity contribution in [3.8, 4) is 6.07 Å². The minimum absolute atomic E-state index is 0.433. The van der Waals surface area contributed by atoms with Crippen molar-refractivity contribution in [2.24, 2.45) is 0 Å². The fourth-order valence-corrected chi connectivity index (χ4v) is 1.68. The quantitative estimate of drug-likeness (QED) is 0.658. The molecule has 1 aromatic carbocycles. The summed E-state index contributed by atoms with van der Waals surface area (Å²) in [5.41, 5.74) is 1.24. The fourth-order valence-electron chi connectivity index (χ4n) is 1.45. The lowest BCUT2D eigenvalue weighted by molar-refractivity contribution is 1.19. The molecule has 0 atom stereocenters. The van der Waals surface area contributed by atoms with Crippen LogP contribution in [0.1, 0.15) is 11.4 Å². The highest BCUT2D eigenvalue weighted by atomic mass is 35.5. The number of halogens is 1. The third kappa shape index (κ3) is 1.32. The van der Waals surface area contributed by atoms with Crippen LogP contribution in [-0.4, -0.2) is 4.98 Å². The second-order valence-electron chi connectivity index (χ2n) is 3.06. The van der Waals surface area contributed by atoms with E-state index >= 15 is 0 Å². The Morgan fingerprint density at radius 2 is 2.14 bits per heavy atom. The second-order valence-corrected chi connectivity index (χ2v) is 3.47. The Bertz CT molecular complexity index is 541. The van der Waals surface area contributed by atoms with Gasteiger partial charge in [0.2, 0.25) is 0 Å². The summed E-state index contributed by atoms with van der Waals surface area (Å²) >= 11 is 6.02. The number of aryl methyl sites for hydroxylation is 1. The van der Waals surface area contributed by atoms with Crippen molar-refractivity contribution in [1.82, 2.24) is 4.98 Å². The SMILES string of the molecule is Cc1cc2c(Cl)cccc2c(C#N)n1. The maximum absolute atomic E-state index is 8.90. The highest BCUT2D eigenvalue weighted by molar-refractivity contribution is 6.35. The van der Waals surface area contributed by atoms with Crippen LogP contribution in [0.3, 0.4) is 0 Å². The summed E-state index contributed by atoms with van der Waals surface area (Å²) < 4.78 is 0. The summed E-state index contributed by atoms with van der Waals surface area (Å²) in [5.74, 6) is 0. The number of pyridine rings is 1. The van der Waals surface area contributed by atoms with Gasteiger partial charge in [-0.05, 0) is 19.1 Å². The molecule has 0 aliphatic rings. The van der Waals surface area contributed by atoms with E-state index < -0.39 is 0 Å². The van der Waals surface area contributed by atoms with E-state index in [0.717, 1.165) is 16.5 Å². The van der Waals surface area contributed by atoms with Crippen LogP contribution in [-0.2, 0) is 0 Å². The second kappa shape index (κ2) is 3.28. The molecule has 14 heavy (non-hydrogen) atoms. The molecule has 2 nitrogen and oxygen atoms in total. The van der Waals surface area contributed by atoms with Crippen molar-refractivity contribution in [1.29, 1.82) is 5.26 Å². The minimum atomic E-state index is 0.433. The van der Waals surface area contributed by atoms with Crippen LogP contribution < -0.4 is 0 Å². The Kier molecular flexibility index (Phi) is 2.11. The van der Waals surface area contributed by atoms with E-state index in [0.29, 0.717) is 10.7 Å². The predicted molar refractivity (Wildman–Crippen MR) is 56.2 cm³/mol. The molecule has 0 N–H and O–H groups in total. The molecule has 0 saturated carbocycles. The summed E-state index contributed by atoms with van der Waals surface area (Å²) in [6.45, 7) is 1.85. The van der Waals surface area contributed by atoms with Crippen LogP contribution in [0.2, 0.25) is 5.02 Å². The topological polar surface area (TPSA) is 36.7 Å². The first kappa shape index (κ1) is 8.98. The molecule has 2 aromatic rings.